The van der Waals surface area contributed by atoms with E-state index in [2.05, 4.69) is 16.0 Å². The first-order chi connectivity index (χ1) is 21.3. The van der Waals surface area contributed by atoms with Crippen molar-refractivity contribution >= 4 is 41.8 Å². The van der Waals surface area contributed by atoms with Crippen LogP contribution in [-0.4, -0.2) is 113 Å². The molecule has 46 heavy (non-hydrogen) atoms. The molecule has 4 atom stereocenters. The summed E-state index contributed by atoms with van der Waals surface area (Å²) in [6.45, 7) is 2.05. The van der Waals surface area contributed by atoms with Crippen LogP contribution in [0.2, 0.25) is 0 Å². The van der Waals surface area contributed by atoms with Crippen molar-refractivity contribution in [2.24, 2.45) is 45.9 Å². The first-order valence-electron chi connectivity index (χ1n) is 14.2. The van der Waals surface area contributed by atoms with Crippen molar-refractivity contribution in [2.75, 3.05) is 26.2 Å². The molecule has 0 aromatic rings. The molecule has 22 heteroatoms. The maximum absolute atomic E-state index is 10.2. The van der Waals surface area contributed by atoms with Gasteiger partial charge in [0.25, 0.3) is 0 Å². The van der Waals surface area contributed by atoms with Gasteiger partial charge < -0.3 is 82.2 Å². The molecular formula is C24H56N14O8. The van der Waals surface area contributed by atoms with E-state index in [1.165, 1.54) is 0 Å². The van der Waals surface area contributed by atoms with Crippen LogP contribution in [0, 0.1) is 16.2 Å². The fourth-order valence-corrected chi connectivity index (χ4v) is 2.64. The molecule has 0 aliphatic carbocycles. The Morgan fingerprint density at radius 1 is 0.478 bits per heavy atom. The Kier molecular flexibility index (Phi) is 33.6. The molecular weight excluding hydrogens is 612 g/mol. The number of aliphatic carboxylic acids is 4. The predicted octanol–water partition coefficient (Wildman–Crippen LogP) is -4.49. The van der Waals surface area contributed by atoms with Crippen molar-refractivity contribution in [3.05, 3.63) is 0 Å². The molecule has 22 nitrogen and oxygen atoms in total. The number of carboxylic acid groups (broad SMARTS) is 4. The molecule has 0 spiro atoms. The van der Waals surface area contributed by atoms with Crippen LogP contribution in [0.3, 0.4) is 0 Å². The topological polar surface area (TPSA) is 465 Å². The van der Waals surface area contributed by atoms with Gasteiger partial charge in [-0.1, -0.05) is 6.42 Å². The summed E-state index contributed by atoms with van der Waals surface area (Å²) in [6, 6.07) is -3.18. The summed E-state index contributed by atoms with van der Waals surface area (Å²) in [6.07, 6.45) is 5.09. The maximum Gasteiger partial charge on any atom is 0.320 e. The van der Waals surface area contributed by atoms with E-state index in [4.69, 9.17) is 82.5 Å². The average molecular weight is 669 g/mol. The highest BCUT2D eigenvalue weighted by Crippen LogP contribution is 1.97. The van der Waals surface area contributed by atoms with Crippen molar-refractivity contribution in [1.82, 2.24) is 16.0 Å². The summed E-state index contributed by atoms with van der Waals surface area (Å²) < 4.78 is 0. The fraction of sp³-hybridized carbons (Fsp3) is 0.708. The third-order valence-corrected chi connectivity index (χ3v) is 5.26. The molecule has 0 aliphatic rings. The number of rotatable bonds is 20. The van der Waals surface area contributed by atoms with Crippen LogP contribution in [0.15, 0.2) is 0 Å². The van der Waals surface area contributed by atoms with E-state index in [0.717, 1.165) is 12.8 Å². The van der Waals surface area contributed by atoms with E-state index >= 15 is 0 Å². The first kappa shape index (κ1) is 48.4. The Hall–Kier alpha value is -4.51. The number of nitrogens with two attached hydrogens (primary N) is 8. The molecule has 26 N–H and O–H groups in total. The third kappa shape index (κ3) is 41.6. The Labute approximate surface area is 267 Å². The van der Waals surface area contributed by atoms with Gasteiger partial charge in [0, 0.05) is 19.6 Å². The second kappa shape index (κ2) is 31.9. The highest BCUT2D eigenvalue weighted by molar-refractivity contribution is 5.75. The number of carboxylic acids is 4. The van der Waals surface area contributed by atoms with Crippen molar-refractivity contribution in [3.8, 4) is 0 Å². The van der Waals surface area contributed by atoms with Crippen LogP contribution in [0.1, 0.15) is 57.8 Å². The first-order valence-corrected chi connectivity index (χ1v) is 14.2. The van der Waals surface area contributed by atoms with E-state index in [1.807, 2.05) is 0 Å². The van der Waals surface area contributed by atoms with Crippen LogP contribution in [0.4, 0.5) is 0 Å². The predicted molar refractivity (Wildman–Crippen MR) is 173 cm³/mol. The molecule has 0 fully saturated rings. The molecule has 0 aliphatic heterocycles. The Balaban J connectivity index is -0.000000256. The van der Waals surface area contributed by atoms with Gasteiger partial charge in [-0.15, -0.1) is 0 Å². The zero-order valence-electron chi connectivity index (χ0n) is 26.0. The zero-order chi connectivity index (χ0) is 36.7. The molecule has 0 heterocycles. The van der Waals surface area contributed by atoms with Gasteiger partial charge in [-0.05, 0) is 57.9 Å². The molecule has 0 rings (SSSR count). The van der Waals surface area contributed by atoms with Gasteiger partial charge in [-0.2, -0.15) is 0 Å². The highest BCUT2D eigenvalue weighted by atomic mass is 16.4. The second-order valence-electron chi connectivity index (χ2n) is 9.51. The summed E-state index contributed by atoms with van der Waals surface area (Å²) in [7, 11) is 0. The third-order valence-electron chi connectivity index (χ3n) is 5.26. The molecule has 0 bridgehead atoms. The number of guanidine groups is 3. The monoisotopic (exact) mass is 668 g/mol. The smallest absolute Gasteiger partial charge is 0.320 e. The van der Waals surface area contributed by atoms with Crippen LogP contribution < -0.4 is 61.8 Å². The van der Waals surface area contributed by atoms with Gasteiger partial charge in [0.15, 0.2) is 17.9 Å². The molecule has 0 aromatic heterocycles. The summed E-state index contributed by atoms with van der Waals surface area (Å²) in [5, 5.41) is 61.5. The summed E-state index contributed by atoms with van der Waals surface area (Å²) in [5.41, 5.74) is 41.1. The van der Waals surface area contributed by atoms with Gasteiger partial charge in [0.1, 0.15) is 24.2 Å². The van der Waals surface area contributed by atoms with E-state index in [1.54, 1.807) is 0 Å². The van der Waals surface area contributed by atoms with Crippen LogP contribution in [0.25, 0.3) is 0 Å². The Morgan fingerprint density at radius 2 is 0.696 bits per heavy atom. The lowest BCUT2D eigenvalue weighted by atomic mass is 10.1. The van der Waals surface area contributed by atoms with Gasteiger partial charge in [0.05, 0.1) is 0 Å². The zero-order valence-corrected chi connectivity index (χ0v) is 26.0. The number of hydrogen-bond acceptors (Lipinski definition) is 12. The van der Waals surface area contributed by atoms with E-state index < -0.39 is 48.0 Å². The number of carbonyl (C=O) groups is 4. The molecule has 270 valence electrons. The minimum Gasteiger partial charge on any atom is -0.480 e. The van der Waals surface area contributed by atoms with Crippen molar-refractivity contribution in [2.45, 2.75) is 82.0 Å². The lowest BCUT2D eigenvalue weighted by molar-refractivity contribution is -0.139. The van der Waals surface area contributed by atoms with Crippen LogP contribution in [0.5, 0.6) is 0 Å². The number of hydrogen-bond donors (Lipinski definition) is 18. The summed E-state index contributed by atoms with van der Waals surface area (Å²) in [4.78, 5) is 40.8. The summed E-state index contributed by atoms with van der Waals surface area (Å²) >= 11 is 0. The molecule has 0 amide bonds. The summed E-state index contributed by atoms with van der Waals surface area (Å²) in [5.74, 6) is -4.28. The van der Waals surface area contributed by atoms with Crippen molar-refractivity contribution in [1.29, 1.82) is 16.2 Å². The number of nitrogens with one attached hydrogen (secondary N) is 6. The fourth-order valence-electron chi connectivity index (χ4n) is 2.64. The van der Waals surface area contributed by atoms with E-state index in [-0.39, 0.29) is 17.9 Å². The van der Waals surface area contributed by atoms with E-state index in [9.17, 15) is 19.2 Å². The normalized spacial score (nSPS) is 12.3. The molecule has 0 saturated carbocycles. The standard InChI is InChI=1S/3C6H14N4O2.C6H14N2O2/c3*7-4(5(11)12)2-1-3-10-6(8)9;7-4-2-1-3-5(8)6(9)10/h3*4H,1-3,7H2,(H,11,12)(H4,8,9,10);5H,1-4,7-8H2,(H,9,10). The van der Waals surface area contributed by atoms with Gasteiger partial charge in [-0.3, -0.25) is 35.4 Å². The maximum atomic E-state index is 10.2. The second-order valence-corrected chi connectivity index (χ2v) is 9.51. The Morgan fingerprint density at radius 3 is 0.870 bits per heavy atom. The lowest BCUT2D eigenvalue weighted by Gasteiger charge is -2.06. The minimum absolute atomic E-state index is 0.112. The minimum atomic E-state index is -1.00. The molecule has 0 aromatic carbocycles. The van der Waals surface area contributed by atoms with Crippen molar-refractivity contribution < 1.29 is 39.6 Å². The van der Waals surface area contributed by atoms with Gasteiger partial charge >= 0.3 is 23.9 Å². The largest absolute Gasteiger partial charge is 0.480 e. The van der Waals surface area contributed by atoms with Gasteiger partial charge in [-0.25, -0.2) is 0 Å². The van der Waals surface area contributed by atoms with Crippen molar-refractivity contribution in [3.63, 3.8) is 0 Å². The quantitative estimate of drug-likeness (QED) is 0.0330. The molecule has 0 saturated heterocycles. The van der Waals surface area contributed by atoms with E-state index in [0.29, 0.717) is 71.1 Å². The number of unbranched alkanes of at least 4 members (excludes halogenated alkanes) is 1. The molecule has 0 radical (unpaired) electrons. The Bertz CT molecular complexity index is 806. The SMILES string of the molecule is N=C(N)NCCCC(N)C(=O)O.N=C(N)NCCCC(N)C(=O)O.N=C(N)NCCCC(N)C(=O)O.NCCCCC(N)C(=O)O. The average Bonchev–Trinajstić information content (AvgIpc) is 2.95. The highest BCUT2D eigenvalue weighted by Gasteiger charge is 2.11. The van der Waals surface area contributed by atoms with Crippen LogP contribution >= 0.6 is 0 Å². The lowest BCUT2D eigenvalue weighted by Crippen LogP contribution is -2.34. The van der Waals surface area contributed by atoms with Gasteiger partial charge in [0.2, 0.25) is 0 Å². The van der Waals surface area contributed by atoms with Crippen LogP contribution in [-0.2, 0) is 19.2 Å². The molecule has 4 unspecified atom stereocenters.